The van der Waals surface area contributed by atoms with Gasteiger partial charge < -0.3 is 14.9 Å². The molecule has 1 aromatic heterocycles. The molecule has 3 rings (SSSR count). The minimum absolute atomic E-state index is 0.0167. The summed E-state index contributed by atoms with van der Waals surface area (Å²) in [6, 6.07) is 1.52. The summed E-state index contributed by atoms with van der Waals surface area (Å²) in [5, 5.41) is 15.4. The van der Waals surface area contributed by atoms with E-state index in [9.17, 15) is 14.7 Å². The summed E-state index contributed by atoms with van der Waals surface area (Å²) in [7, 11) is 0. The molecule has 1 saturated carbocycles. The molecule has 2 bridgehead atoms. The van der Waals surface area contributed by atoms with Crippen LogP contribution in [0, 0.1) is 23.7 Å². The molecule has 0 unspecified atom stereocenters. The number of fused-ring (bicyclic) bond motifs is 2. The lowest BCUT2D eigenvalue weighted by Gasteiger charge is -2.23. The van der Waals surface area contributed by atoms with E-state index in [0.29, 0.717) is 5.82 Å². The highest BCUT2D eigenvalue weighted by Gasteiger charge is 2.51. The van der Waals surface area contributed by atoms with E-state index >= 15 is 0 Å². The van der Waals surface area contributed by atoms with Gasteiger partial charge in [0.1, 0.15) is 6.26 Å². The van der Waals surface area contributed by atoms with Crippen LogP contribution in [0.3, 0.4) is 0 Å². The van der Waals surface area contributed by atoms with Crippen LogP contribution in [-0.4, -0.2) is 22.1 Å². The number of rotatable bonds is 3. The Labute approximate surface area is 103 Å². The number of amides is 1. The molecule has 94 valence electrons. The first-order valence-electron chi connectivity index (χ1n) is 5.79. The molecule has 2 aliphatic rings. The molecule has 0 radical (unpaired) electrons. The molecule has 2 aliphatic carbocycles. The van der Waals surface area contributed by atoms with Crippen LogP contribution < -0.4 is 5.32 Å². The molecule has 6 heteroatoms. The van der Waals surface area contributed by atoms with Crippen molar-refractivity contribution in [2.75, 3.05) is 5.32 Å². The molecule has 1 aromatic rings. The fourth-order valence-corrected chi connectivity index (χ4v) is 3.00. The van der Waals surface area contributed by atoms with E-state index < -0.39 is 17.8 Å². The Balaban J connectivity index is 1.80. The number of anilines is 1. The van der Waals surface area contributed by atoms with Crippen molar-refractivity contribution < 1.29 is 19.2 Å². The molecular weight excluding hydrogens is 236 g/mol. The molecule has 18 heavy (non-hydrogen) atoms. The van der Waals surface area contributed by atoms with E-state index in [1.165, 1.54) is 12.3 Å². The number of carbonyl (C=O) groups excluding carboxylic acids is 1. The average Bonchev–Trinajstić information content (AvgIpc) is 3.03. The fourth-order valence-electron chi connectivity index (χ4n) is 3.00. The maximum Gasteiger partial charge on any atom is 0.307 e. The van der Waals surface area contributed by atoms with Gasteiger partial charge in [-0.3, -0.25) is 9.59 Å². The van der Waals surface area contributed by atoms with Gasteiger partial charge in [-0.05, 0) is 18.3 Å². The largest absolute Gasteiger partial charge is 0.481 e. The predicted octanol–water partition coefficient (Wildman–Crippen LogP) is 1.14. The normalized spacial score (nSPS) is 32.7. The number of carbonyl (C=O) groups is 2. The number of aliphatic carboxylic acids is 1. The number of nitrogens with zero attached hydrogens (tertiary/aromatic N) is 1. The van der Waals surface area contributed by atoms with Gasteiger partial charge in [-0.15, -0.1) is 0 Å². The molecule has 1 fully saturated rings. The van der Waals surface area contributed by atoms with Crippen molar-refractivity contribution in [3.05, 3.63) is 24.5 Å². The number of allylic oxidation sites excluding steroid dienone is 2. The van der Waals surface area contributed by atoms with E-state index in [-0.39, 0.29) is 17.7 Å². The standard InChI is InChI=1S/C12H12N2O4/c15-11(13-8-3-4-18-14-8)9-6-1-2-7(5-6)10(9)12(16)17/h1-4,6-7,9-10H,5H2,(H,16,17)(H,13,14,15)/t6-,7+,9-,10+/m0/s1. The Morgan fingerprint density at radius 2 is 2.06 bits per heavy atom. The van der Waals surface area contributed by atoms with E-state index in [2.05, 4.69) is 15.0 Å². The minimum Gasteiger partial charge on any atom is -0.481 e. The average molecular weight is 248 g/mol. The zero-order valence-corrected chi connectivity index (χ0v) is 9.45. The van der Waals surface area contributed by atoms with Crippen molar-refractivity contribution in [1.29, 1.82) is 0 Å². The van der Waals surface area contributed by atoms with Crippen molar-refractivity contribution in [3.63, 3.8) is 0 Å². The Morgan fingerprint density at radius 3 is 2.67 bits per heavy atom. The van der Waals surface area contributed by atoms with Gasteiger partial charge >= 0.3 is 5.97 Å². The number of hydrogen-bond donors (Lipinski definition) is 2. The lowest BCUT2D eigenvalue weighted by atomic mass is 9.82. The molecule has 0 aliphatic heterocycles. The summed E-state index contributed by atoms with van der Waals surface area (Å²) in [6.45, 7) is 0. The molecule has 1 amide bonds. The summed E-state index contributed by atoms with van der Waals surface area (Å²) in [6.07, 6.45) is 5.94. The zero-order valence-electron chi connectivity index (χ0n) is 9.45. The van der Waals surface area contributed by atoms with Crippen LogP contribution in [0.4, 0.5) is 5.82 Å². The number of nitrogens with one attached hydrogen (secondary N) is 1. The molecular formula is C12H12N2O4. The number of carboxylic acid groups (broad SMARTS) is 1. The Kier molecular flexibility index (Phi) is 2.43. The van der Waals surface area contributed by atoms with Crippen molar-refractivity contribution in [1.82, 2.24) is 5.16 Å². The van der Waals surface area contributed by atoms with Crippen LogP contribution in [0.1, 0.15) is 6.42 Å². The molecule has 0 spiro atoms. The van der Waals surface area contributed by atoms with Crippen molar-refractivity contribution in [2.24, 2.45) is 23.7 Å². The highest BCUT2D eigenvalue weighted by molar-refractivity contribution is 5.95. The van der Waals surface area contributed by atoms with Gasteiger partial charge in [0.25, 0.3) is 0 Å². The van der Waals surface area contributed by atoms with E-state index in [4.69, 9.17) is 0 Å². The van der Waals surface area contributed by atoms with E-state index in [0.717, 1.165) is 6.42 Å². The number of aromatic nitrogens is 1. The quantitative estimate of drug-likeness (QED) is 0.782. The topological polar surface area (TPSA) is 92.4 Å². The second kappa shape index (κ2) is 3.97. The van der Waals surface area contributed by atoms with Crippen LogP contribution in [0.2, 0.25) is 0 Å². The summed E-state index contributed by atoms with van der Waals surface area (Å²) in [5.74, 6) is -2.05. The van der Waals surface area contributed by atoms with Crippen molar-refractivity contribution >= 4 is 17.7 Å². The van der Waals surface area contributed by atoms with Gasteiger partial charge in [-0.1, -0.05) is 17.3 Å². The zero-order chi connectivity index (χ0) is 12.7. The summed E-state index contributed by atoms with van der Waals surface area (Å²) < 4.78 is 4.62. The Bertz CT molecular complexity index is 508. The first-order valence-corrected chi connectivity index (χ1v) is 5.79. The SMILES string of the molecule is O=C(Nc1ccon1)[C@@H]1[C@H](C(=O)O)[C@@H]2C=C[C@H]1C2. The monoisotopic (exact) mass is 248 g/mol. The molecule has 0 saturated heterocycles. The van der Waals surface area contributed by atoms with E-state index in [1.807, 2.05) is 12.2 Å². The maximum atomic E-state index is 12.1. The smallest absolute Gasteiger partial charge is 0.307 e. The van der Waals surface area contributed by atoms with Gasteiger partial charge in [0.15, 0.2) is 5.82 Å². The fraction of sp³-hybridized carbons (Fsp3) is 0.417. The van der Waals surface area contributed by atoms with E-state index in [1.54, 1.807) is 0 Å². The first kappa shape index (κ1) is 11.0. The summed E-state index contributed by atoms with van der Waals surface area (Å²) in [5.41, 5.74) is 0. The van der Waals surface area contributed by atoms with Gasteiger partial charge in [0, 0.05) is 6.07 Å². The van der Waals surface area contributed by atoms with Crippen LogP contribution >= 0.6 is 0 Å². The Hall–Kier alpha value is -2.11. The van der Waals surface area contributed by atoms with Crippen LogP contribution in [-0.2, 0) is 9.59 Å². The second-order valence-electron chi connectivity index (χ2n) is 4.71. The van der Waals surface area contributed by atoms with Crippen LogP contribution in [0.5, 0.6) is 0 Å². The summed E-state index contributed by atoms with van der Waals surface area (Å²) in [4.78, 5) is 23.4. The minimum atomic E-state index is -0.910. The molecule has 0 aromatic carbocycles. The molecule has 1 heterocycles. The van der Waals surface area contributed by atoms with Gasteiger partial charge in [0.05, 0.1) is 11.8 Å². The Morgan fingerprint density at radius 1 is 1.33 bits per heavy atom. The van der Waals surface area contributed by atoms with Gasteiger partial charge in [0.2, 0.25) is 5.91 Å². The number of hydrogen-bond acceptors (Lipinski definition) is 4. The highest BCUT2D eigenvalue weighted by Crippen LogP contribution is 2.48. The van der Waals surface area contributed by atoms with Crippen LogP contribution in [0.15, 0.2) is 29.0 Å². The van der Waals surface area contributed by atoms with Crippen molar-refractivity contribution in [2.45, 2.75) is 6.42 Å². The third-order valence-corrected chi connectivity index (χ3v) is 3.74. The lowest BCUT2D eigenvalue weighted by molar-refractivity contribution is -0.146. The van der Waals surface area contributed by atoms with Gasteiger partial charge in [-0.25, -0.2) is 0 Å². The third kappa shape index (κ3) is 1.61. The highest BCUT2D eigenvalue weighted by atomic mass is 16.5. The molecule has 2 N–H and O–H groups in total. The second-order valence-corrected chi connectivity index (χ2v) is 4.71. The number of carboxylic acids is 1. The first-order chi connectivity index (χ1) is 8.66. The third-order valence-electron chi connectivity index (χ3n) is 3.74. The summed E-state index contributed by atoms with van der Waals surface area (Å²) >= 11 is 0. The van der Waals surface area contributed by atoms with Gasteiger partial charge in [-0.2, -0.15) is 0 Å². The maximum absolute atomic E-state index is 12.1. The lowest BCUT2D eigenvalue weighted by Crippen LogP contribution is -2.36. The molecule has 4 atom stereocenters. The van der Waals surface area contributed by atoms with Crippen molar-refractivity contribution in [3.8, 4) is 0 Å². The van der Waals surface area contributed by atoms with Crippen LogP contribution in [0.25, 0.3) is 0 Å². The predicted molar refractivity (Wildman–Crippen MR) is 60.5 cm³/mol. The molecule has 6 nitrogen and oxygen atoms in total.